The van der Waals surface area contributed by atoms with Gasteiger partial charge in [0, 0.05) is 24.3 Å². The number of unbranched alkanes of at least 4 members (excludes halogenated alkanes) is 1. The van der Waals surface area contributed by atoms with E-state index in [9.17, 15) is 4.79 Å². The van der Waals surface area contributed by atoms with E-state index in [1.807, 2.05) is 32.2 Å². The Morgan fingerprint density at radius 1 is 1.44 bits per heavy atom. The standard InChI is InChI=1S/C13H22N2O/c1-4-5-8-14-10-12-7-6-9-15(11(2)3)13(12)16/h6-7,9,11,14H,4-5,8,10H2,1-3H3. The molecule has 0 spiro atoms. The van der Waals surface area contributed by atoms with E-state index in [1.54, 1.807) is 4.57 Å². The van der Waals surface area contributed by atoms with Crippen LogP contribution in [0.25, 0.3) is 0 Å². The van der Waals surface area contributed by atoms with E-state index in [-0.39, 0.29) is 11.6 Å². The molecule has 1 aromatic rings. The van der Waals surface area contributed by atoms with Crippen molar-refractivity contribution in [2.45, 2.75) is 46.2 Å². The van der Waals surface area contributed by atoms with Crippen LogP contribution in [0.3, 0.4) is 0 Å². The molecule has 1 rings (SSSR count). The molecule has 1 N–H and O–H groups in total. The highest BCUT2D eigenvalue weighted by atomic mass is 16.1. The van der Waals surface area contributed by atoms with Crippen LogP contribution in [0.2, 0.25) is 0 Å². The Morgan fingerprint density at radius 3 is 2.81 bits per heavy atom. The molecule has 1 heterocycles. The lowest BCUT2D eigenvalue weighted by atomic mass is 10.2. The zero-order chi connectivity index (χ0) is 12.0. The third-order valence-electron chi connectivity index (χ3n) is 2.63. The van der Waals surface area contributed by atoms with Gasteiger partial charge in [-0.1, -0.05) is 19.4 Å². The molecule has 0 atom stereocenters. The number of hydrogen-bond acceptors (Lipinski definition) is 2. The van der Waals surface area contributed by atoms with Gasteiger partial charge in [0.2, 0.25) is 0 Å². The number of nitrogens with one attached hydrogen (secondary N) is 1. The summed E-state index contributed by atoms with van der Waals surface area (Å²) in [6.07, 6.45) is 4.19. The fraction of sp³-hybridized carbons (Fsp3) is 0.615. The molecule has 3 nitrogen and oxygen atoms in total. The van der Waals surface area contributed by atoms with Crippen LogP contribution in [0.15, 0.2) is 23.1 Å². The minimum atomic E-state index is 0.126. The second kappa shape index (κ2) is 6.48. The average Bonchev–Trinajstić information content (AvgIpc) is 2.26. The van der Waals surface area contributed by atoms with Gasteiger partial charge in [-0.05, 0) is 32.9 Å². The van der Waals surface area contributed by atoms with Gasteiger partial charge in [0.05, 0.1) is 0 Å². The van der Waals surface area contributed by atoms with Crippen LogP contribution in [0, 0.1) is 0 Å². The van der Waals surface area contributed by atoms with E-state index in [0.29, 0.717) is 6.54 Å². The van der Waals surface area contributed by atoms with Crippen molar-refractivity contribution in [3.63, 3.8) is 0 Å². The molecule has 1 aromatic heterocycles. The van der Waals surface area contributed by atoms with Gasteiger partial charge >= 0.3 is 0 Å². The van der Waals surface area contributed by atoms with Crippen molar-refractivity contribution < 1.29 is 0 Å². The Kier molecular flexibility index (Phi) is 5.26. The predicted molar refractivity (Wildman–Crippen MR) is 67.7 cm³/mol. The van der Waals surface area contributed by atoms with E-state index in [0.717, 1.165) is 18.5 Å². The van der Waals surface area contributed by atoms with Crippen molar-refractivity contribution in [3.8, 4) is 0 Å². The first-order valence-electron chi connectivity index (χ1n) is 6.07. The van der Waals surface area contributed by atoms with Crippen molar-refractivity contribution in [1.29, 1.82) is 0 Å². The molecule has 0 unspecified atom stereocenters. The second-order valence-corrected chi connectivity index (χ2v) is 4.37. The molecular formula is C13H22N2O. The summed E-state index contributed by atoms with van der Waals surface area (Å²) >= 11 is 0. The van der Waals surface area contributed by atoms with Crippen LogP contribution < -0.4 is 10.9 Å². The highest BCUT2D eigenvalue weighted by Crippen LogP contribution is 2.00. The predicted octanol–water partition coefficient (Wildman–Crippen LogP) is 2.32. The summed E-state index contributed by atoms with van der Waals surface area (Å²) in [5.74, 6) is 0. The number of nitrogens with zero attached hydrogens (tertiary/aromatic N) is 1. The molecule has 0 fully saturated rings. The lowest BCUT2D eigenvalue weighted by molar-refractivity contribution is 0.565. The van der Waals surface area contributed by atoms with E-state index < -0.39 is 0 Å². The highest BCUT2D eigenvalue weighted by molar-refractivity contribution is 5.10. The van der Waals surface area contributed by atoms with Gasteiger partial charge in [-0.15, -0.1) is 0 Å². The number of aromatic nitrogens is 1. The summed E-state index contributed by atoms with van der Waals surface area (Å²) in [5.41, 5.74) is 0.980. The molecule has 3 heteroatoms. The largest absolute Gasteiger partial charge is 0.313 e. The Morgan fingerprint density at radius 2 is 2.19 bits per heavy atom. The van der Waals surface area contributed by atoms with Crippen LogP contribution in [0.5, 0.6) is 0 Å². The van der Waals surface area contributed by atoms with E-state index in [2.05, 4.69) is 12.2 Å². The molecule has 0 radical (unpaired) electrons. The van der Waals surface area contributed by atoms with Gasteiger partial charge in [-0.3, -0.25) is 4.79 Å². The zero-order valence-corrected chi connectivity index (χ0v) is 10.5. The molecule has 0 bridgehead atoms. The molecular weight excluding hydrogens is 200 g/mol. The van der Waals surface area contributed by atoms with Gasteiger partial charge in [-0.25, -0.2) is 0 Å². The normalized spacial score (nSPS) is 11.0. The molecule has 0 aromatic carbocycles. The fourth-order valence-electron chi connectivity index (χ4n) is 1.62. The van der Waals surface area contributed by atoms with Gasteiger partial charge in [0.25, 0.3) is 5.56 Å². The lowest BCUT2D eigenvalue weighted by Crippen LogP contribution is -2.28. The van der Waals surface area contributed by atoms with E-state index in [4.69, 9.17) is 0 Å². The zero-order valence-electron chi connectivity index (χ0n) is 10.5. The summed E-state index contributed by atoms with van der Waals surface area (Å²) in [6, 6.07) is 4.07. The molecule has 16 heavy (non-hydrogen) atoms. The Bertz CT molecular complexity index is 368. The number of hydrogen-bond donors (Lipinski definition) is 1. The first-order valence-corrected chi connectivity index (χ1v) is 6.07. The minimum Gasteiger partial charge on any atom is -0.313 e. The first-order chi connectivity index (χ1) is 7.66. The maximum Gasteiger partial charge on any atom is 0.255 e. The highest BCUT2D eigenvalue weighted by Gasteiger charge is 2.04. The maximum absolute atomic E-state index is 12.0. The molecule has 0 amide bonds. The van der Waals surface area contributed by atoms with E-state index in [1.165, 1.54) is 6.42 Å². The van der Waals surface area contributed by atoms with Gasteiger partial charge in [0.15, 0.2) is 0 Å². The van der Waals surface area contributed by atoms with Gasteiger partial charge < -0.3 is 9.88 Å². The van der Waals surface area contributed by atoms with Crippen LogP contribution in [0.1, 0.15) is 45.2 Å². The van der Waals surface area contributed by atoms with Crippen molar-refractivity contribution in [3.05, 3.63) is 34.2 Å². The van der Waals surface area contributed by atoms with Crippen molar-refractivity contribution in [2.24, 2.45) is 0 Å². The molecule has 0 saturated carbocycles. The molecule has 90 valence electrons. The van der Waals surface area contributed by atoms with Crippen molar-refractivity contribution >= 4 is 0 Å². The van der Waals surface area contributed by atoms with Crippen molar-refractivity contribution in [1.82, 2.24) is 9.88 Å². The average molecular weight is 222 g/mol. The summed E-state index contributed by atoms with van der Waals surface area (Å²) in [5, 5.41) is 3.30. The third-order valence-corrected chi connectivity index (χ3v) is 2.63. The number of rotatable bonds is 6. The van der Waals surface area contributed by atoms with E-state index >= 15 is 0 Å². The summed E-state index contributed by atoms with van der Waals surface area (Å²) in [4.78, 5) is 12.0. The Balaban J connectivity index is 2.66. The van der Waals surface area contributed by atoms with Crippen LogP contribution in [0.4, 0.5) is 0 Å². The summed E-state index contributed by atoms with van der Waals surface area (Å²) < 4.78 is 1.77. The summed E-state index contributed by atoms with van der Waals surface area (Å²) in [7, 11) is 0. The minimum absolute atomic E-state index is 0.126. The van der Waals surface area contributed by atoms with Crippen LogP contribution in [-0.2, 0) is 6.54 Å². The topological polar surface area (TPSA) is 34.0 Å². The monoisotopic (exact) mass is 222 g/mol. The quantitative estimate of drug-likeness (QED) is 0.749. The van der Waals surface area contributed by atoms with Crippen LogP contribution >= 0.6 is 0 Å². The lowest BCUT2D eigenvalue weighted by Gasteiger charge is -2.11. The van der Waals surface area contributed by atoms with Crippen molar-refractivity contribution in [2.75, 3.05) is 6.54 Å². The summed E-state index contributed by atoms with van der Waals surface area (Å²) in [6.45, 7) is 7.86. The second-order valence-electron chi connectivity index (χ2n) is 4.37. The molecule has 0 aliphatic heterocycles. The fourth-order valence-corrected chi connectivity index (χ4v) is 1.62. The Hall–Kier alpha value is -1.09. The van der Waals surface area contributed by atoms with Gasteiger partial charge in [0.1, 0.15) is 0 Å². The first kappa shape index (κ1) is 13.0. The SMILES string of the molecule is CCCCNCc1cccn(C(C)C)c1=O. The smallest absolute Gasteiger partial charge is 0.255 e. The number of pyridine rings is 1. The molecule has 0 aliphatic rings. The third kappa shape index (κ3) is 3.49. The van der Waals surface area contributed by atoms with Crippen LogP contribution in [-0.4, -0.2) is 11.1 Å². The molecule has 0 aliphatic carbocycles. The maximum atomic E-state index is 12.0. The van der Waals surface area contributed by atoms with Gasteiger partial charge in [-0.2, -0.15) is 0 Å². The Labute approximate surface area is 97.5 Å². The molecule has 0 saturated heterocycles.